The summed E-state index contributed by atoms with van der Waals surface area (Å²) in [6.07, 6.45) is 2.22. The fraction of sp³-hybridized carbons (Fsp3) is 0.917. The third-order valence-electron chi connectivity index (χ3n) is 2.36. The molecular formula is C12H25NO2. The van der Waals surface area contributed by atoms with E-state index in [1.54, 1.807) is 0 Å². The maximum absolute atomic E-state index is 11.3. The van der Waals surface area contributed by atoms with Gasteiger partial charge in [-0.1, -0.05) is 27.7 Å². The van der Waals surface area contributed by atoms with E-state index in [1.807, 2.05) is 6.92 Å². The van der Waals surface area contributed by atoms with Gasteiger partial charge < -0.3 is 10.5 Å². The summed E-state index contributed by atoms with van der Waals surface area (Å²) >= 11 is 0. The molecule has 0 aliphatic carbocycles. The molecule has 90 valence electrons. The Kier molecular flexibility index (Phi) is 6.57. The lowest BCUT2D eigenvalue weighted by molar-refractivity contribution is -0.144. The highest BCUT2D eigenvalue weighted by molar-refractivity contribution is 5.69. The Morgan fingerprint density at radius 1 is 1.40 bits per heavy atom. The molecule has 0 fully saturated rings. The van der Waals surface area contributed by atoms with Crippen molar-refractivity contribution in [2.45, 2.75) is 47.0 Å². The van der Waals surface area contributed by atoms with Crippen LogP contribution in [0.2, 0.25) is 0 Å². The molecule has 3 heteroatoms. The van der Waals surface area contributed by atoms with Crippen LogP contribution in [0.3, 0.4) is 0 Å². The molecule has 0 rings (SSSR count). The molecule has 0 saturated heterocycles. The minimum absolute atomic E-state index is 0.0976. The highest BCUT2D eigenvalue weighted by Crippen LogP contribution is 2.18. The second kappa shape index (κ2) is 6.83. The fourth-order valence-corrected chi connectivity index (χ4v) is 1.03. The van der Waals surface area contributed by atoms with Crippen LogP contribution in [0.5, 0.6) is 0 Å². The van der Waals surface area contributed by atoms with Crippen molar-refractivity contribution in [3.63, 3.8) is 0 Å². The van der Waals surface area contributed by atoms with Crippen molar-refractivity contribution in [1.82, 2.24) is 0 Å². The van der Waals surface area contributed by atoms with Gasteiger partial charge >= 0.3 is 5.97 Å². The molecule has 0 aliphatic rings. The fourth-order valence-electron chi connectivity index (χ4n) is 1.03. The van der Waals surface area contributed by atoms with E-state index in [4.69, 9.17) is 10.5 Å². The summed E-state index contributed by atoms with van der Waals surface area (Å²) in [6.45, 7) is 9.61. The standard InChI is InChI=1S/C12H25NO2/c1-10(9-13)5-6-11(14)15-8-7-12(2,3)4/h10H,5-9,13H2,1-4H3. The smallest absolute Gasteiger partial charge is 0.305 e. The van der Waals surface area contributed by atoms with Crippen LogP contribution in [0.4, 0.5) is 0 Å². The summed E-state index contributed by atoms with van der Waals surface area (Å²) in [7, 11) is 0. The van der Waals surface area contributed by atoms with E-state index in [2.05, 4.69) is 20.8 Å². The number of nitrogens with two attached hydrogens (primary N) is 1. The summed E-state index contributed by atoms with van der Waals surface area (Å²) in [4.78, 5) is 11.3. The quantitative estimate of drug-likeness (QED) is 0.692. The highest BCUT2D eigenvalue weighted by atomic mass is 16.5. The van der Waals surface area contributed by atoms with Gasteiger partial charge in [-0.3, -0.25) is 4.79 Å². The van der Waals surface area contributed by atoms with Crippen LogP contribution in [0.15, 0.2) is 0 Å². The van der Waals surface area contributed by atoms with Gasteiger partial charge in [-0.15, -0.1) is 0 Å². The molecule has 0 saturated carbocycles. The topological polar surface area (TPSA) is 52.3 Å². The summed E-state index contributed by atoms with van der Waals surface area (Å²) < 4.78 is 5.13. The van der Waals surface area contributed by atoms with Gasteiger partial charge in [0.25, 0.3) is 0 Å². The molecule has 0 amide bonds. The van der Waals surface area contributed by atoms with Crippen LogP contribution in [-0.4, -0.2) is 19.1 Å². The molecule has 3 nitrogen and oxygen atoms in total. The van der Waals surface area contributed by atoms with Gasteiger partial charge in [0.2, 0.25) is 0 Å². The Bertz CT molecular complexity index is 185. The first-order valence-electron chi connectivity index (χ1n) is 5.71. The third kappa shape index (κ3) is 9.73. The predicted molar refractivity (Wildman–Crippen MR) is 62.5 cm³/mol. The molecule has 0 bridgehead atoms. The van der Waals surface area contributed by atoms with Crippen LogP contribution in [-0.2, 0) is 9.53 Å². The summed E-state index contributed by atoms with van der Waals surface area (Å²) in [5.41, 5.74) is 5.69. The van der Waals surface area contributed by atoms with Gasteiger partial charge in [-0.05, 0) is 30.7 Å². The number of hydrogen-bond donors (Lipinski definition) is 1. The maximum atomic E-state index is 11.3. The number of rotatable bonds is 6. The molecule has 0 spiro atoms. The molecule has 1 atom stereocenters. The second-order valence-corrected chi connectivity index (χ2v) is 5.41. The number of esters is 1. The van der Waals surface area contributed by atoms with E-state index >= 15 is 0 Å². The Morgan fingerprint density at radius 3 is 2.47 bits per heavy atom. The largest absolute Gasteiger partial charge is 0.466 e. The average Bonchev–Trinajstić information content (AvgIpc) is 2.12. The third-order valence-corrected chi connectivity index (χ3v) is 2.36. The number of carbonyl (C=O) groups is 1. The van der Waals surface area contributed by atoms with Gasteiger partial charge in [0.05, 0.1) is 6.61 Å². The number of carbonyl (C=O) groups excluding carboxylic acids is 1. The second-order valence-electron chi connectivity index (χ2n) is 5.41. The summed E-state index contributed by atoms with van der Waals surface area (Å²) in [5, 5.41) is 0. The Balaban J connectivity index is 3.50. The van der Waals surface area contributed by atoms with E-state index in [0.717, 1.165) is 12.8 Å². The number of hydrogen-bond acceptors (Lipinski definition) is 3. The molecule has 2 N–H and O–H groups in total. The zero-order chi connectivity index (χ0) is 11.9. The maximum Gasteiger partial charge on any atom is 0.305 e. The van der Waals surface area contributed by atoms with Gasteiger partial charge in [0, 0.05) is 6.42 Å². The van der Waals surface area contributed by atoms with Crippen LogP contribution in [0.25, 0.3) is 0 Å². The van der Waals surface area contributed by atoms with Crippen molar-refractivity contribution in [3.8, 4) is 0 Å². The Labute approximate surface area is 93.4 Å². The average molecular weight is 215 g/mol. The lowest BCUT2D eigenvalue weighted by atomic mass is 9.93. The van der Waals surface area contributed by atoms with Crippen molar-refractivity contribution in [2.24, 2.45) is 17.1 Å². The molecule has 0 heterocycles. The van der Waals surface area contributed by atoms with Crippen LogP contribution in [0.1, 0.15) is 47.0 Å². The summed E-state index contributed by atoms with van der Waals surface area (Å²) in [6, 6.07) is 0. The van der Waals surface area contributed by atoms with Gasteiger partial charge in [-0.25, -0.2) is 0 Å². The van der Waals surface area contributed by atoms with Crippen molar-refractivity contribution >= 4 is 5.97 Å². The summed E-state index contributed by atoms with van der Waals surface area (Å²) in [5.74, 6) is 0.305. The zero-order valence-corrected chi connectivity index (χ0v) is 10.5. The van der Waals surface area contributed by atoms with Gasteiger partial charge in [-0.2, -0.15) is 0 Å². The molecule has 0 aromatic heterocycles. The minimum Gasteiger partial charge on any atom is -0.466 e. The molecule has 15 heavy (non-hydrogen) atoms. The van der Waals surface area contributed by atoms with E-state index < -0.39 is 0 Å². The van der Waals surface area contributed by atoms with Gasteiger partial charge in [0.15, 0.2) is 0 Å². The lowest BCUT2D eigenvalue weighted by Crippen LogP contribution is -2.15. The van der Waals surface area contributed by atoms with Crippen molar-refractivity contribution in [3.05, 3.63) is 0 Å². The number of ether oxygens (including phenoxy) is 1. The first kappa shape index (κ1) is 14.4. The molecule has 1 unspecified atom stereocenters. The molecule has 0 aromatic rings. The Morgan fingerprint density at radius 2 is 2.00 bits per heavy atom. The van der Waals surface area contributed by atoms with Crippen molar-refractivity contribution in [2.75, 3.05) is 13.2 Å². The Hall–Kier alpha value is -0.570. The zero-order valence-electron chi connectivity index (χ0n) is 10.5. The minimum atomic E-state index is -0.0976. The lowest BCUT2D eigenvalue weighted by Gasteiger charge is -2.17. The van der Waals surface area contributed by atoms with E-state index in [0.29, 0.717) is 25.5 Å². The SMILES string of the molecule is CC(CN)CCC(=O)OCCC(C)(C)C. The molecule has 0 aromatic carbocycles. The first-order valence-corrected chi connectivity index (χ1v) is 5.71. The predicted octanol–water partition coefficient (Wildman–Crippen LogP) is 2.34. The van der Waals surface area contributed by atoms with Crippen molar-refractivity contribution < 1.29 is 9.53 Å². The first-order chi connectivity index (χ1) is 6.85. The normalized spacial score (nSPS) is 13.7. The van der Waals surface area contributed by atoms with Crippen LogP contribution >= 0.6 is 0 Å². The van der Waals surface area contributed by atoms with Crippen LogP contribution < -0.4 is 5.73 Å². The monoisotopic (exact) mass is 215 g/mol. The molecule has 0 aliphatic heterocycles. The van der Waals surface area contributed by atoms with Crippen molar-refractivity contribution in [1.29, 1.82) is 0 Å². The molecule has 0 radical (unpaired) electrons. The van der Waals surface area contributed by atoms with Crippen LogP contribution in [0, 0.1) is 11.3 Å². The van der Waals surface area contributed by atoms with E-state index in [-0.39, 0.29) is 11.4 Å². The van der Waals surface area contributed by atoms with E-state index in [9.17, 15) is 4.79 Å². The van der Waals surface area contributed by atoms with Gasteiger partial charge in [0.1, 0.15) is 0 Å². The molecular weight excluding hydrogens is 190 g/mol. The van der Waals surface area contributed by atoms with E-state index in [1.165, 1.54) is 0 Å². The highest BCUT2D eigenvalue weighted by Gasteiger charge is 2.12.